The molecule has 0 bridgehead atoms. The number of amides is 1. The third-order valence-electron chi connectivity index (χ3n) is 4.04. The van der Waals surface area contributed by atoms with Crippen LogP contribution in [0.2, 0.25) is 0 Å². The first-order valence-corrected chi connectivity index (χ1v) is 8.09. The molecule has 2 aromatic rings. The normalized spacial score (nSPS) is 16.9. The summed E-state index contributed by atoms with van der Waals surface area (Å²) in [6.45, 7) is 1.32. The van der Waals surface area contributed by atoms with Crippen molar-refractivity contribution in [3.8, 4) is 5.88 Å². The number of ether oxygens (including phenoxy) is 1. The second kappa shape index (κ2) is 7.29. The van der Waals surface area contributed by atoms with E-state index in [4.69, 9.17) is 4.74 Å². The number of nitrogens with zero attached hydrogens (tertiary/aromatic N) is 4. The average Bonchev–Trinajstić information content (AvgIpc) is 3.04. The molecule has 3 rings (SSSR count). The topological polar surface area (TPSA) is 58.6 Å². The van der Waals surface area contributed by atoms with Crippen molar-refractivity contribution in [2.45, 2.75) is 18.9 Å². The van der Waals surface area contributed by atoms with Gasteiger partial charge < -0.3 is 14.5 Å². The molecular weight excluding hydrogens is 304 g/mol. The summed E-state index contributed by atoms with van der Waals surface area (Å²) in [6, 6.07) is 9.81. The monoisotopic (exact) mass is 326 g/mol. The van der Waals surface area contributed by atoms with Crippen LogP contribution in [0, 0.1) is 0 Å². The Morgan fingerprint density at radius 2 is 2.08 bits per heavy atom. The molecule has 0 spiro atoms. The van der Waals surface area contributed by atoms with Crippen LogP contribution in [-0.4, -0.2) is 54.1 Å². The van der Waals surface area contributed by atoms with Crippen molar-refractivity contribution in [1.29, 1.82) is 0 Å². The molecule has 0 aliphatic carbocycles. The van der Waals surface area contributed by atoms with Crippen molar-refractivity contribution >= 4 is 11.7 Å². The van der Waals surface area contributed by atoms with E-state index in [0.29, 0.717) is 18.8 Å². The Balaban J connectivity index is 1.55. The first-order valence-electron chi connectivity index (χ1n) is 8.09. The fourth-order valence-electron chi connectivity index (χ4n) is 2.71. The van der Waals surface area contributed by atoms with E-state index in [1.165, 1.54) is 0 Å². The minimum Gasteiger partial charge on any atom is -0.471 e. The molecule has 1 aliphatic rings. The molecule has 1 aliphatic heterocycles. The van der Waals surface area contributed by atoms with Crippen molar-refractivity contribution in [3.63, 3.8) is 0 Å². The molecule has 1 aromatic carbocycles. The van der Waals surface area contributed by atoms with E-state index < -0.39 is 0 Å². The predicted molar refractivity (Wildman–Crippen MR) is 92.1 cm³/mol. The zero-order valence-corrected chi connectivity index (χ0v) is 14.1. The van der Waals surface area contributed by atoms with Crippen molar-refractivity contribution < 1.29 is 9.53 Å². The SMILES string of the molecule is CN(C)c1cncc(OC2CCN(C(=O)Cc3ccccc3)C2)n1. The lowest BCUT2D eigenvalue weighted by Crippen LogP contribution is -2.32. The fourth-order valence-corrected chi connectivity index (χ4v) is 2.71. The summed E-state index contributed by atoms with van der Waals surface area (Å²) in [4.78, 5) is 24.7. The number of benzene rings is 1. The smallest absolute Gasteiger partial charge is 0.234 e. The Hall–Kier alpha value is -2.63. The number of anilines is 1. The summed E-state index contributed by atoms with van der Waals surface area (Å²) in [5, 5.41) is 0. The maximum Gasteiger partial charge on any atom is 0.234 e. The second-order valence-electron chi connectivity index (χ2n) is 6.14. The van der Waals surface area contributed by atoms with Gasteiger partial charge in [-0.1, -0.05) is 30.3 Å². The van der Waals surface area contributed by atoms with Gasteiger partial charge in [-0.2, -0.15) is 4.98 Å². The number of carbonyl (C=O) groups excluding carboxylic acids is 1. The van der Waals surface area contributed by atoms with Crippen LogP contribution in [0.5, 0.6) is 5.88 Å². The van der Waals surface area contributed by atoms with Crippen LogP contribution in [0.3, 0.4) is 0 Å². The summed E-state index contributed by atoms with van der Waals surface area (Å²) >= 11 is 0. The Labute approximate surface area is 142 Å². The van der Waals surface area contributed by atoms with Crippen molar-refractivity contribution in [2.24, 2.45) is 0 Å². The highest BCUT2D eigenvalue weighted by Crippen LogP contribution is 2.19. The Bertz CT molecular complexity index is 690. The van der Waals surface area contributed by atoms with Gasteiger partial charge in [0.1, 0.15) is 6.10 Å². The molecule has 2 heterocycles. The van der Waals surface area contributed by atoms with E-state index in [1.54, 1.807) is 12.4 Å². The molecule has 6 heteroatoms. The Kier molecular flexibility index (Phi) is 4.93. The van der Waals surface area contributed by atoms with Crippen LogP contribution in [0.1, 0.15) is 12.0 Å². The van der Waals surface area contributed by atoms with Crippen LogP contribution >= 0.6 is 0 Å². The van der Waals surface area contributed by atoms with Gasteiger partial charge in [0.15, 0.2) is 5.82 Å². The molecule has 24 heavy (non-hydrogen) atoms. The maximum absolute atomic E-state index is 12.4. The highest BCUT2D eigenvalue weighted by molar-refractivity contribution is 5.79. The molecule has 0 N–H and O–H groups in total. The molecule has 1 saturated heterocycles. The second-order valence-corrected chi connectivity index (χ2v) is 6.14. The number of hydrogen-bond acceptors (Lipinski definition) is 5. The van der Waals surface area contributed by atoms with Gasteiger partial charge in [0.25, 0.3) is 0 Å². The van der Waals surface area contributed by atoms with Crippen LogP contribution in [0.15, 0.2) is 42.7 Å². The van der Waals surface area contributed by atoms with Gasteiger partial charge in [-0.15, -0.1) is 0 Å². The van der Waals surface area contributed by atoms with Gasteiger partial charge in [-0.05, 0) is 5.56 Å². The Morgan fingerprint density at radius 1 is 1.29 bits per heavy atom. The van der Waals surface area contributed by atoms with Crippen LogP contribution in [0.25, 0.3) is 0 Å². The summed E-state index contributed by atoms with van der Waals surface area (Å²) in [6.07, 6.45) is 4.52. The lowest BCUT2D eigenvalue weighted by Gasteiger charge is -2.17. The zero-order chi connectivity index (χ0) is 16.9. The largest absolute Gasteiger partial charge is 0.471 e. The van der Waals surface area contributed by atoms with Gasteiger partial charge in [-0.25, -0.2) is 0 Å². The molecule has 1 atom stereocenters. The molecule has 1 fully saturated rings. The zero-order valence-electron chi connectivity index (χ0n) is 14.1. The fraction of sp³-hybridized carbons (Fsp3) is 0.389. The van der Waals surface area contributed by atoms with Gasteiger partial charge in [-0.3, -0.25) is 9.78 Å². The number of rotatable bonds is 5. The number of carbonyl (C=O) groups is 1. The third-order valence-corrected chi connectivity index (χ3v) is 4.04. The van der Waals surface area contributed by atoms with Gasteiger partial charge in [0.05, 0.1) is 25.4 Å². The molecule has 1 amide bonds. The van der Waals surface area contributed by atoms with Gasteiger partial charge >= 0.3 is 0 Å². The molecule has 1 unspecified atom stereocenters. The summed E-state index contributed by atoms with van der Waals surface area (Å²) in [7, 11) is 3.82. The minimum atomic E-state index is -0.0311. The molecular formula is C18H22N4O2. The number of hydrogen-bond donors (Lipinski definition) is 0. The maximum atomic E-state index is 12.4. The summed E-state index contributed by atoms with van der Waals surface area (Å²) < 4.78 is 5.90. The van der Waals surface area contributed by atoms with Gasteiger partial charge in [0.2, 0.25) is 11.8 Å². The lowest BCUT2D eigenvalue weighted by atomic mass is 10.1. The van der Waals surface area contributed by atoms with Crippen LogP contribution < -0.4 is 9.64 Å². The highest BCUT2D eigenvalue weighted by Gasteiger charge is 2.28. The minimum absolute atomic E-state index is 0.0311. The van der Waals surface area contributed by atoms with Gasteiger partial charge in [0, 0.05) is 27.1 Å². The van der Waals surface area contributed by atoms with Crippen LogP contribution in [-0.2, 0) is 11.2 Å². The first-order chi connectivity index (χ1) is 11.6. The van der Waals surface area contributed by atoms with Crippen molar-refractivity contribution in [2.75, 3.05) is 32.1 Å². The average molecular weight is 326 g/mol. The molecule has 0 saturated carbocycles. The molecule has 6 nitrogen and oxygen atoms in total. The highest BCUT2D eigenvalue weighted by atomic mass is 16.5. The van der Waals surface area contributed by atoms with Crippen molar-refractivity contribution in [1.82, 2.24) is 14.9 Å². The van der Waals surface area contributed by atoms with E-state index in [9.17, 15) is 4.79 Å². The quantitative estimate of drug-likeness (QED) is 0.838. The third kappa shape index (κ3) is 4.01. The predicted octanol–water partition coefficient (Wildman–Crippen LogP) is 1.76. The van der Waals surface area contributed by atoms with E-state index in [-0.39, 0.29) is 12.0 Å². The van der Waals surface area contributed by atoms with E-state index in [1.807, 2.05) is 54.2 Å². The van der Waals surface area contributed by atoms with E-state index in [0.717, 1.165) is 24.3 Å². The lowest BCUT2D eigenvalue weighted by molar-refractivity contribution is -0.129. The molecule has 126 valence electrons. The molecule has 1 aromatic heterocycles. The first kappa shape index (κ1) is 16.2. The Morgan fingerprint density at radius 3 is 2.83 bits per heavy atom. The summed E-state index contributed by atoms with van der Waals surface area (Å²) in [5.41, 5.74) is 1.04. The number of likely N-dealkylation sites (tertiary alicyclic amines) is 1. The van der Waals surface area contributed by atoms with Crippen LogP contribution in [0.4, 0.5) is 5.82 Å². The summed E-state index contributed by atoms with van der Waals surface area (Å²) in [5.74, 6) is 1.39. The van der Waals surface area contributed by atoms with E-state index >= 15 is 0 Å². The van der Waals surface area contributed by atoms with Crippen molar-refractivity contribution in [3.05, 3.63) is 48.3 Å². The molecule has 0 radical (unpaired) electrons. The van der Waals surface area contributed by atoms with E-state index in [2.05, 4.69) is 9.97 Å². The standard InChI is InChI=1S/C18H22N4O2/c1-21(2)16-11-19-12-17(20-16)24-15-8-9-22(13-15)18(23)10-14-6-4-3-5-7-14/h3-7,11-12,15H,8-10,13H2,1-2H3. The number of aromatic nitrogens is 2.